The number of hydrogen-bond acceptors (Lipinski definition) is 6. The lowest BCUT2D eigenvalue weighted by molar-refractivity contribution is 0.0693. The summed E-state index contributed by atoms with van der Waals surface area (Å²) in [6.45, 7) is 15.9. The van der Waals surface area contributed by atoms with Crippen LogP contribution in [0.3, 0.4) is 0 Å². The number of anilines is 1. The van der Waals surface area contributed by atoms with Gasteiger partial charge in [0.15, 0.2) is 0 Å². The Morgan fingerprint density at radius 3 is 2.34 bits per heavy atom. The molecule has 0 radical (unpaired) electrons. The van der Waals surface area contributed by atoms with Crippen LogP contribution in [0.2, 0.25) is 0 Å². The number of unbranched alkanes of at least 4 members (excludes halogenated alkanes) is 2. The van der Waals surface area contributed by atoms with Crippen molar-refractivity contribution in [2.45, 2.75) is 66.2 Å². The molecule has 2 rings (SSSR count). The Hall–Kier alpha value is -3.22. The third-order valence-corrected chi connectivity index (χ3v) is 5.92. The summed E-state index contributed by atoms with van der Waals surface area (Å²) in [5.41, 5.74) is 7.11. The molecule has 2 aromatic rings. The molecule has 0 aliphatic carbocycles. The van der Waals surface area contributed by atoms with Gasteiger partial charge in [-0.05, 0) is 55.5 Å². The topological polar surface area (TPSA) is 94.4 Å². The summed E-state index contributed by atoms with van der Waals surface area (Å²) in [4.78, 5) is 13.5. The van der Waals surface area contributed by atoms with Crippen molar-refractivity contribution < 1.29 is 19.7 Å². The fraction of sp³-hybridized carbons (Fsp3) is 0.500. The van der Waals surface area contributed by atoms with Crippen LogP contribution in [-0.2, 0) is 5.41 Å². The van der Waals surface area contributed by atoms with Gasteiger partial charge in [0.2, 0.25) is 0 Å². The standard InChI is InChI=1S/C28H41N3O4/c1-7-10-11-16-29-30-24(19-35-21-13-14-22(27(33)34)26(32)18-21)20-12-15-25(31(8-2)9-3)23(17-20)28(4,5)6/h12-15,17-18,29,32H,7-11,16,19H2,1-6H3,(H,33,34)/b30-24+. The molecule has 0 saturated heterocycles. The van der Waals surface area contributed by atoms with E-state index in [1.54, 1.807) is 6.07 Å². The van der Waals surface area contributed by atoms with Crippen molar-refractivity contribution in [1.29, 1.82) is 0 Å². The Morgan fingerprint density at radius 2 is 1.77 bits per heavy atom. The highest BCUT2D eigenvalue weighted by atomic mass is 16.5. The van der Waals surface area contributed by atoms with E-state index in [0.717, 1.165) is 50.2 Å². The van der Waals surface area contributed by atoms with Crippen LogP contribution < -0.4 is 15.1 Å². The number of hydrazone groups is 1. The van der Waals surface area contributed by atoms with Crippen molar-refractivity contribution in [2.24, 2.45) is 5.10 Å². The second-order valence-corrected chi connectivity index (χ2v) is 9.60. The minimum Gasteiger partial charge on any atom is -0.507 e. The Kier molecular flexibility index (Phi) is 10.4. The second kappa shape index (κ2) is 13.0. The van der Waals surface area contributed by atoms with Crippen LogP contribution >= 0.6 is 0 Å². The monoisotopic (exact) mass is 483 g/mol. The number of benzene rings is 2. The molecule has 0 unspecified atom stereocenters. The Balaban J connectivity index is 2.38. The molecular weight excluding hydrogens is 442 g/mol. The molecule has 7 nitrogen and oxygen atoms in total. The lowest BCUT2D eigenvalue weighted by Gasteiger charge is -2.30. The number of phenols is 1. The predicted octanol–water partition coefficient (Wildman–Crippen LogP) is 5.80. The number of aromatic carboxylic acids is 1. The van der Waals surface area contributed by atoms with Gasteiger partial charge in [0.25, 0.3) is 0 Å². The molecule has 0 aromatic heterocycles. The number of carbonyl (C=O) groups is 1. The van der Waals surface area contributed by atoms with Gasteiger partial charge in [-0.15, -0.1) is 0 Å². The molecule has 0 aliphatic heterocycles. The molecule has 0 saturated carbocycles. The Morgan fingerprint density at radius 1 is 1.06 bits per heavy atom. The minimum absolute atomic E-state index is 0.0626. The normalized spacial score (nSPS) is 11.9. The van der Waals surface area contributed by atoms with E-state index in [0.29, 0.717) is 5.75 Å². The first-order chi connectivity index (χ1) is 16.6. The van der Waals surface area contributed by atoms with E-state index in [2.05, 4.69) is 75.2 Å². The van der Waals surface area contributed by atoms with Crippen molar-refractivity contribution in [2.75, 3.05) is 31.1 Å². The number of carboxylic acid groups (broad SMARTS) is 1. The van der Waals surface area contributed by atoms with Crippen molar-refractivity contribution >= 4 is 17.4 Å². The highest BCUT2D eigenvalue weighted by molar-refractivity contribution is 6.02. The molecule has 3 N–H and O–H groups in total. The minimum atomic E-state index is -1.18. The fourth-order valence-electron chi connectivity index (χ4n) is 3.88. The van der Waals surface area contributed by atoms with Gasteiger partial charge in [0.1, 0.15) is 29.4 Å². The van der Waals surface area contributed by atoms with Gasteiger partial charge in [0, 0.05) is 37.0 Å². The van der Waals surface area contributed by atoms with E-state index in [1.165, 1.54) is 23.4 Å². The van der Waals surface area contributed by atoms with E-state index >= 15 is 0 Å². The van der Waals surface area contributed by atoms with E-state index < -0.39 is 5.97 Å². The number of rotatable bonds is 13. The van der Waals surface area contributed by atoms with Crippen LogP contribution in [0.4, 0.5) is 5.69 Å². The number of nitrogens with zero attached hydrogens (tertiary/aromatic N) is 2. The van der Waals surface area contributed by atoms with Crippen LogP contribution in [0.15, 0.2) is 41.5 Å². The number of ether oxygens (including phenoxy) is 1. The van der Waals surface area contributed by atoms with E-state index in [4.69, 9.17) is 9.84 Å². The first kappa shape index (κ1) is 28.0. The van der Waals surface area contributed by atoms with Crippen LogP contribution in [0.25, 0.3) is 0 Å². The van der Waals surface area contributed by atoms with Gasteiger partial charge in [-0.1, -0.05) is 46.6 Å². The molecule has 2 aromatic carbocycles. The molecule has 7 heteroatoms. The zero-order valence-electron chi connectivity index (χ0n) is 22.0. The zero-order chi connectivity index (χ0) is 26.0. The molecule has 0 spiro atoms. The SMILES string of the molecule is CCCCCN/N=C(\COc1ccc(C(=O)O)c(O)c1)c1ccc(N(CC)CC)c(C(C)(C)C)c1. The molecule has 0 aliphatic rings. The van der Waals surface area contributed by atoms with Crippen molar-refractivity contribution in [3.8, 4) is 11.5 Å². The summed E-state index contributed by atoms with van der Waals surface area (Å²) in [7, 11) is 0. The van der Waals surface area contributed by atoms with Gasteiger partial charge in [-0.25, -0.2) is 4.79 Å². The van der Waals surface area contributed by atoms with E-state index in [9.17, 15) is 9.90 Å². The highest BCUT2D eigenvalue weighted by Crippen LogP contribution is 2.33. The van der Waals surface area contributed by atoms with Gasteiger partial charge < -0.3 is 25.3 Å². The Labute approximate surface area is 209 Å². The third kappa shape index (κ3) is 7.91. The van der Waals surface area contributed by atoms with Crippen LogP contribution in [-0.4, -0.2) is 48.1 Å². The van der Waals surface area contributed by atoms with Crippen LogP contribution in [0.1, 0.15) is 82.3 Å². The number of aromatic hydroxyl groups is 1. The lowest BCUT2D eigenvalue weighted by atomic mass is 9.84. The average Bonchev–Trinajstić information content (AvgIpc) is 2.81. The molecule has 0 atom stereocenters. The van der Waals surface area contributed by atoms with Gasteiger partial charge in [-0.3, -0.25) is 0 Å². The smallest absolute Gasteiger partial charge is 0.339 e. The van der Waals surface area contributed by atoms with E-state index in [-0.39, 0.29) is 23.3 Å². The first-order valence-corrected chi connectivity index (χ1v) is 12.5. The number of hydrogen-bond donors (Lipinski definition) is 3. The van der Waals surface area contributed by atoms with Crippen molar-refractivity contribution in [3.63, 3.8) is 0 Å². The summed E-state index contributed by atoms with van der Waals surface area (Å²) >= 11 is 0. The highest BCUT2D eigenvalue weighted by Gasteiger charge is 2.22. The zero-order valence-corrected chi connectivity index (χ0v) is 22.0. The largest absolute Gasteiger partial charge is 0.507 e. The quantitative estimate of drug-likeness (QED) is 0.189. The average molecular weight is 484 g/mol. The number of nitrogens with one attached hydrogen (secondary N) is 1. The van der Waals surface area contributed by atoms with E-state index in [1.807, 2.05) is 0 Å². The first-order valence-electron chi connectivity index (χ1n) is 12.5. The van der Waals surface area contributed by atoms with Gasteiger partial charge in [0.05, 0.1) is 0 Å². The fourth-order valence-corrected chi connectivity index (χ4v) is 3.88. The maximum absolute atomic E-state index is 11.2. The molecule has 0 bridgehead atoms. The maximum atomic E-state index is 11.2. The Bertz CT molecular complexity index is 1010. The lowest BCUT2D eigenvalue weighted by Crippen LogP contribution is -2.27. The summed E-state index contributed by atoms with van der Waals surface area (Å²) in [5.74, 6) is -1.14. The predicted molar refractivity (Wildman–Crippen MR) is 143 cm³/mol. The summed E-state index contributed by atoms with van der Waals surface area (Å²) in [5, 5.41) is 23.8. The van der Waals surface area contributed by atoms with Gasteiger partial charge >= 0.3 is 5.97 Å². The molecule has 0 amide bonds. The van der Waals surface area contributed by atoms with Crippen molar-refractivity contribution in [1.82, 2.24) is 5.43 Å². The summed E-state index contributed by atoms with van der Waals surface area (Å²) in [6, 6.07) is 10.6. The molecule has 0 fully saturated rings. The van der Waals surface area contributed by atoms with Crippen LogP contribution in [0.5, 0.6) is 11.5 Å². The molecule has 0 heterocycles. The van der Waals surface area contributed by atoms with Crippen molar-refractivity contribution in [3.05, 3.63) is 53.1 Å². The molecular formula is C28H41N3O4. The maximum Gasteiger partial charge on any atom is 0.339 e. The van der Waals surface area contributed by atoms with Crippen LogP contribution in [0, 0.1) is 0 Å². The molecule has 192 valence electrons. The molecule has 35 heavy (non-hydrogen) atoms. The van der Waals surface area contributed by atoms with Gasteiger partial charge in [-0.2, -0.15) is 5.10 Å². The number of carboxylic acids is 1. The third-order valence-electron chi connectivity index (χ3n) is 5.92. The summed E-state index contributed by atoms with van der Waals surface area (Å²) in [6.07, 6.45) is 3.31. The summed E-state index contributed by atoms with van der Waals surface area (Å²) < 4.78 is 5.93. The second-order valence-electron chi connectivity index (χ2n) is 9.60.